The van der Waals surface area contributed by atoms with Crippen molar-refractivity contribution in [3.8, 4) is 0 Å². The Morgan fingerprint density at radius 2 is 1.73 bits per heavy atom. The molecule has 0 unspecified atom stereocenters. The maximum absolute atomic E-state index is 11.6. The first-order chi connectivity index (χ1) is 5.41. The van der Waals surface area contributed by atoms with E-state index in [9.17, 15) is 4.39 Å². The van der Waals surface area contributed by atoms with Gasteiger partial charge in [0.15, 0.2) is 0 Å². The van der Waals surface area contributed by atoms with E-state index in [0.29, 0.717) is 6.54 Å². The van der Waals surface area contributed by atoms with Crippen LogP contribution in [0.4, 0.5) is 4.39 Å². The molecule has 0 aromatic carbocycles. The molecule has 0 fully saturated rings. The Hall–Kier alpha value is 0.370. The standard InChI is InChI=1S/C8H17BrFN/c9-5-3-1-2-4-7-11-8-6-10/h11H,1-8H2. The van der Waals surface area contributed by atoms with E-state index in [2.05, 4.69) is 21.2 Å². The highest BCUT2D eigenvalue weighted by atomic mass is 79.9. The summed E-state index contributed by atoms with van der Waals surface area (Å²) in [6.07, 6.45) is 4.96. The molecule has 0 saturated carbocycles. The summed E-state index contributed by atoms with van der Waals surface area (Å²) in [7, 11) is 0. The minimum absolute atomic E-state index is 0.249. The normalized spacial score (nSPS) is 10.4. The largest absolute Gasteiger partial charge is 0.314 e. The molecule has 0 rings (SSSR count). The lowest BCUT2D eigenvalue weighted by atomic mass is 10.2. The van der Waals surface area contributed by atoms with Gasteiger partial charge in [-0.15, -0.1) is 0 Å². The van der Waals surface area contributed by atoms with Crippen LogP contribution in [-0.4, -0.2) is 25.1 Å². The molecule has 0 aliphatic heterocycles. The predicted octanol–water partition coefficient (Wildman–Crippen LogP) is 2.50. The van der Waals surface area contributed by atoms with E-state index in [1.54, 1.807) is 0 Å². The summed E-state index contributed by atoms with van der Waals surface area (Å²) < 4.78 is 11.6. The van der Waals surface area contributed by atoms with Gasteiger partial charge in [-0.2, -0.15) is 0 Å². The molecule has 3 heteroatoms. The summed E-state index contributed by atoms with van der Waals surface area (Å²) in [5.74, 6) is 0. The minimum atomic E-state index is -0.249. The van der Waals surface area contributed by atoms with E-state index < -0.39 is 0 Å². The lowest BCUT2D eigenvalue weighted by molar-refractivity contribution is 0.462. The molecule has 68 valence electrons. The molecule has 0 radical (unpaired) electrons. The Bertz CT molecular complexity index is 63.1. The van der Waals surface area contributed by atoms with E-state index >= 15 is 0 Å². The zero-order valence-corrected chi connectivity index (χ0v) is 8.50. The fourth-order valence-corrected chi connectivity index (χ4v) is 1.29. The van der Waals surface area contributed by atoms with E-state index in [1.165, 1.54) is 25.7 Å². The maximum Gasteiger partial charge on any atom is 0.102 e. The summed E-state index contributed by atoms with van der Waals surface area (Å²) in [6, 6.07) is 0. The van der Waals surface area contributed by atoms with Crippen molar-refractivity contribution in [2.45, 2.75) is 25.7 Å². The second kappa shape index (κ2) is 10.4. The Labute approximate surface area is 76.9 Å². The molecule has 0 spiro atoms. The third kappa shape index (κ3) is 10.4. The second-order valence-electron chi connectivity index (χ2n) is 2.54. The molecular formula is C8H17BrFN. The van der Waals surface area contributed by atoms with Gasteiger partial charge in [-0.25, -0.2) is 4.39 Å². The highest BCUT2D eigenvalue weighted by Gasteiger charge is 1.88. The Morgan fingerprint density at radius 1 is 1.00 bits per heavy atom. The monoisotopic (exact) mass is 225 g/mol. The van der Waals surface area contributed by atoms with Crippen LogP contribution in [0.25, 0.3) is 0 Å². The lowest BCUT2D eigenvalue weighted by Crippen LogP contribution is -2.17. The molecule has 1 nitrogen and oxygen atoms in total. The van der Waals surface area contributed by atoms with E-state index in [-0.39, 0.29) is 6.67 Å². The highest BCUT2D eigenvalue weighted by molar-refractivity contribution is 9.09. The van der Waals surface area contributed by atoms with Crippen LogP contribution >= 0.6 is 15.9 Å². The molecule has 0 bridgehead atoms. The van der Waals surface area contributed by atoms with E-state index in [4.69, 9.17) is 0 Å². The third-order valence-electron chi connectivity index (χ3n) is 1.51. The van der Waals surface area contributed by atoms with Crippen LogP contribution in [0.1, 0.15) is 25.7 Å². The molecule has 0 saturated heterocycles. The summed E-state index contributed by atoms with van der Waals surface area (Å²) in [5.41, 5.74) is 0. The Balaban J connectivity index is 2.69. The van der Waals surface area contributed by atoms with Crippen molar-refractivity contribution < 1.29 is 4.39 Å². The summed E-state index contributed by atoms with van der Waals surface area (Å²) >= 11 is 3.38. The van der Waals surface area contributed by atoms with Crippen molar-refractivity contribution in [1.29, 1.82) is 0 Å². The minimum Gasteiger partial charge on any atom is -0.314 e. The number of halogens is 2. The van der Waals surface area contributed by atoms with E-state index in [1.807, 2.05) is 0 Å². The summed E-state index contributed by atoms with van der Waals surface area (Å²) in [6.45, 7) is 1.23. The topological polar surface area (TPSA) is 12.0 Å². The second-order valence-corrected chi connectivity index (χ2v) is 3.34. The van der Waals surface area contributed by atoms with Gasteiger partial charge in [-0.05, 0) is 19.4 Å². The van der Waals surface area contributed by atoms with Crippen LogP contribution in [-0.2, 0) is 0 Å². The van der Waals surface area contributed by atoms with Crippen LogP contribution in [0.3, 0.4) is 0 Å². The average molecular weight is 226 g/mol. The van der Waals surface area contributed by atoms with Crippen molar-refractivity contribution in [2.75, 3.05) is 25.1 Å². The molecule has 1 N–H and O–H groups in total. The van der Waals surface area contributed by atoms with Gasteiger partial charge in [-0.1, -0.05) is 28.8 Å². The summed E-state index contributed by atoms with van der Waals surface area (Å²) in [5, 5.41) is 4.13. The average Bonchev–Trinajstić information content (AvgIpc) is 2.03. The first-order valence-corrected chi connectivity index (χ1v) is 5.36. The number of unbranched alkanes of at least 4 members (excludes halogenated alkanes) is 3. The molecule has 0 aromatic rings. The third-order valence-corrected chi connectivity index (χ3v) is 2.07. The van der Waals surface area contributed by atoms with Crippen molar-refractivity contribution >= 4 is 15.9 Å². The zero-order valence-electron chi connectivity index (χ0n) is 6.91. The molecule has 0 aliphatic rings. The Kier molecular flexibility index (Phi) is 10.7. The van der Waals surface area contributed by atoms with E-state index in [0.717, 1.165) is 11.9 Å². The number of hydrogen-bond donors (Lipinski definition) is 1. The van der Waals surface area contributed by atoms with Crippen molar-refractivity contribution in [3.63, 3.8) is 0 Å². The lowest BCUT2D eigenvalue weighted by Gasteiger charge is -2.00. The van der Waals surface area contributed by atoms with Gasteiger partial charge < -0.3 is 5.32 Å². The Morgan fingerprint density at radius 3 is 2.36 bits per heavy atom. The van der Waals surface area contributed by atoms with Gasteiger partial charge >= 0.3 is 0 Å². The number of hydrogen-bond acceptors (Lipinski definition) is 1. The smallest absolute Gasteiger partial charge is 0.102 e. The SMILES string of the molecule is FCCNCCCCCCBr. The molecule has 0 aliphatic carbocycles. The van der Waals surface area contributed by atoms with Gasteiger partial charge in [0.25, 0.3) is 0 Å². The molecule has 0 atom stereocenters. The van der Waals surface area contributed by atoms with Crippen LogP contribution < -0.4 is 5.32 Å². The van der Waals surface area contributed by atoms with Crippen molar-refractivity contribution in [1.82, 2.24) is 5.32 Å². The fraction of sp³-hybridized carbons (Fsp3) is 1.00. The van der Waals surface area contributed by atoms with Crippen LogP contribution in [0.15, 0.2) is 0 Å². The highest BCUT2D eigenvalue weighted by Crippen LogP contribution is 2.00. The van der Waals surface area contributed by atoms with Crippen LogP contribution in [0.5, 0.6) is 0 Å². The molecule has 0 heterocycles. The fourth-order valence-electron chi connectivity index (χ4n) is 0.890. The van der Waals surface area contributed by atoms with Gasteiger partial charge in [-0.3, -0.25) is 0 Å². The van der Waals surface area contributed by atoms with Crippen molar-refractivity contribution in [2.24, 2.45) is 0 Å². The van der Waals surface area contributed by atoms with Gasteiger partial charge in [0.05, 0.1) is 0 Å². The zero-order chi connectivity index (χ0) is 8.36. The molecule has 11 heavy (non-hydrogen) atoms. The van der Waals surface area contributed by atoms with Gasteiger partial charge in [0.1, 0.15) is 6.67 Å². The molecule has 0 aromatic heterocycles. The predicted molar refractivity (Wildman–Crippen MR) is 51.1 cm³/mol. The first-order valence-electron chi connectivity index (χ1n) is 4.24. The van der Waals surface area contributed by atoms with Crippen LogP contribution in [0, 0.1) is 0 Å². The molecular weight excluding hydrogens is 209 g/mol. The van der Waals surface area contributed by atoms with Crippen molar-refractivity contribution in [3.05, 3.63) is 0 Å². The summed E-state index contributed by atoms with van der Waals surface area (Å²) in [4.78, 5) is 0. The number of nitrogens with one attached hydrogen (secondary N) is 1. The first kappa shape index (κ1) is 11.4. The quantitative estimate of drug-likeness (QED) is 0.495. The maximum atomic E-state index is 11.6. The number of rotatable bonds is 8. The van der Waals surface area contributed by atoms with Gasteiger partial charge in [0.2, 0.25) is 0 Å². The van der Waals surface area contributed by atoms with Gasteiger partial charge in [0, 0.05) is 11.9 Å². The van der Waals surface area contributed by atoms with Crippen LogP contribution in [0.2, 0.25) is 0 Å². The molecule has 0 amide bonds. The number of alkyl halides is 2.